The van der Waals surface area contributed by atoms with Gasteiger partial charge in [0.1, 0.15) is 17.2 Å². The predicted octanol–water partition coefficient (Wildman–Crippen LogP) is 4.15. The van der Waals surface area contributed by atoms with E-state index in [0.717, 1.165) is 33.9 Å². The van der Waals surface area contributed by atoms with Crippen LogP contribution in [0, 0.1) is 0 Å². The Bertz CT molecular complexity index is 951. The van der Waals surface area contributed by atoms with Crippen LogP contribution in [0.4, 0.5) is 0 Å². The van der Waals surface area contributed by atoms with Gasteiger partial charge in [0, 0.05) is 29.8 Å². The van der Waals surface area contributed by atoms with Gasteiger partial charge >= 0.3 is 0 Å². The molecular weight excluding hydrogens is 390 g/mol. The summed E-state index contributed by atoms with van der Waals surface area (Å²) in [7, 11) is 5.02. The highest BCUT2D eigenvalue weighted by Crippen LogP contribution is 2.19. The Morgan fingerprint density at radius 3 is 1.45 bits per heavy atom. The average Bonchev–Trinajstić information content (AvgIpc) is 2.84. The fourth-order valence-electron chi connectivity index (χ4n) is 3.23. The number of nitrogens with zero attached hydrogens (tertiary/aromatic N) is 1. The molecule has 0 radical (unpaired) electrons. The quantitative estimate of drug-likeness (QED) is 0.403. The van der Waals surface area contributed by atoms with Gasteiger partial charge in [0.25, 0.3) is 0 Å². The average molecular weight is 420 g/mol. The summed E-state index contributed by atoms with van der Waals surface area (Å²) in [6.07, 6.45) is 0. The lowest BCUT2D eigenvalue weighted by atomic mass is 10.2. The molecule has 162 valence electrons. The lowest BCUT2D eigenvalue weighted by Gasteiger charge is -2.16. The number of aliphatic imine (C=N–C) groups is 1. The van der Waals surface area contributed by atoms with Gasteiger partial charge in [0.2, 0.25) is 0 Å². The minimum Gasteiger partial charge on any atom is -0.496 e. The van der Waals surface area contributed by atoms with Crippen molar-refractivity contribution in [3.8, 4) is 17.2 Å². The van der Waals surface area contributed by atoms with E-state index in [9.17, 15) is 0 Å². The molecule has 0 aromatic heterocycles. The molecule has 6 heteroatoms. The summed E-state index contributed by atoms with van der Waals surface area (Å²) in [5.74, 6) is 3.18. The van der Waals surface area contributed by atoms with E-state index in [1.165, 1.54) is 0 Å². The second-order valence-electron chi connectivity index (χ2n) is 6.81. The number of hydrogen-bond acceptors (Lipinski definition) is 4. The number of guanidine groups is 1. The van der Waals surface area contributed by atoms with Crippen molar-refractivity contribution in [1.82, 2.24) is 10.6 Å². The molecule has 0 aliphatic heterocycles. The Labute approximate surface area is 183 Å². The Balaban J connectivity index is 1.77. The summed E-state index contributed by atoms with van der Waals surface area (Å²) in [6.45, 7) is 1.64. The van der Waals surface area contributed by atoms with Crippen molar-refractivity contribution < 1.29 is 14.2 Å². The Hall–Kier alpha value is -3.67. The van der Waals surface area contributed by atoms with Crippen LogP contribution in [0.25, 0.3) is 0 Å². The molecule has 0 heterocycles. The fraction of sp³-hybridized carbons (Fsp3) is 0.240. The van der Waals surface area contributed by atoms with Gasteiger partial charge in [-0.1, -0.05) is 54.6 Å². The van der Waals surface area contributed by atoms with E-state index in [1.54, 1.807) is 21.3 Å². The van der Waals surface area contributed by atoms with Crippen molar-refractivity contribution >= 4 is 5.96 Å². The van der Waals surface area contributed by atoms with Crippen molar-refractivity contribution in [1.29, 1.82) is 0 Å². The number of rotatable bonds is 9. The van der Waals surface area contributed by atoms with E-state index in [4.69, 9.17) is 19.2 Å². The molecule has 0 saturated carbocycles. The lowest BCUT2D eigenvalue weighted by Crippen LogP contribution is -2.36. The normalized spacial score (nSPS) is 10.2. The number of benzene rings is 3. The smallest absolute Gasteiger partial charge is 0.192 e. The van der Waals surface area contributed by atoms with Crippen LogP contribution in [0.3, 0.4) is 0 Å². The standard InChI is InChI=1S/C25H29N3O3/c1-29-22-13-7-4-10-19(22)16-26-25(27-17-20-11-5-8-14-23(20)30-2)28-18-21-12-6-9-15-24(21)31-3/h4-15H,16-18H2,1-3H3,(H2,26,27,28). The summed E-state index contributed by atoms with van der Waals surface area (Å²) >= 11 is 0. The zero-order valence-corrected chi connectivity index (χ0v) is 18.2. The third kappa shape index (κ3) is 6.15. The number of hydrogen-bond donors (Lipinski definition) is 2. The molecule has 6 nitrogen and oxygen atoms in total. The molecule has 0 bridgehead atoms. The van der Waals surface area contributed by atoms with Crippen LogP contribution in [0.2, 0.25) is 0 Å². The van der Waals surface area contributed by atoms with E-state index in [-0.39, 0.29) is 0 Å². The summed E-state index contributed by atoms with van der Waals surface area (Å²) < 4.78 is 16.4. The maximum Gasteiger partial charge on any atom is 0.192 e. The van der Waals surface area contributed by atoms with Gasteiger partial charge in [-0.15, -0.1) is 0 Å². The van der Waals surface area contributed by atoms with E-state index in [2.05, 4.69) is 10.6 Å². The topological polar surface area (TPSA) is 64.1 Å². The molecule has 3 rings (SSSR count). The zero-order valence-electron chi connectivity index (χ0n) is 18.2. The number of nitrogens with one attached hydrogen (secondary N) is 2. The van der Waals surface area contributed by atoms with Gasteiger partial charge in [-0.25, -0.2) is 4.99 Å². The predicted molar refractivity (Wildman–Crippen MR) is 124 cm³/mol. The minimum absolute atomic E-state index is 0.483. The van der Waals surface area contributed by atoms with Crippen molar-refractivity contribution in [2.24, 2.45) is 4.99 Å². The highest BCUT2D eigenvalue weighted by atomic mass is 16.5. The van der Waals surface area contributed by atoms with Gasteiger partial charge in [-0.05, 0) is 18.2 Å². The van der Waals surface area contributed by atoms with Crippen LogP contribution in [-0.4, -0.2) is 27.3 Å². The summed E-state index contributed by atoms with van der Waals surface area (Å²) in [6, 6.07) is 23.8. The van der Waals surface area contributed by atoms with Crippen LogP contribution >= 0.6 is 0 Å². The van der Waals surface area contributed by atoms with Crippen LogP contribution in [0.5, 0.6) is 17.2 Å². The van der Waals surface area contributed by atoms with E-state index in [1.807, 2.05) is 72.8 Å². The SMILES string of the molecule is COc1ccccc1CN=C(NCc1ccccc1OC)NCc1ccccc1OC. The fourth-order valence-corrected chi connectivity index (χ4v) is 3.23. The molecular formula is C25H29N3O3. The lowest BCUT2D eigenvalue weighted by molar-refractivity contribution is 0.408. The van der Waals surface area contributed by atoms with Crippen molar-refractivity contribution in [2.45, 2.75) is 19.6 Å². The molecule has 0 spiro atoms. The largest absolute Gasteiger partial charge is 0.496 e. The molecule has 0 fully saturated rings. The molecule has 0 amide bonds. The van der Waals surface area contributed by atoms with Gasteiger partial charge in [0.05, 0.1) is 27.9 Å². The first-order valence-electron chi connectivity index (χ1n) is 10.1. The first-order chi connectivity index (χ1) is 15.2. The number of methoxy groups -OCH3 is 3. The van der Waals surface area contributed by atoms with Gasteiger partial charge in [-0.3, -0.25) is 0 Å². The number of para-hydroxylation sites is 3. The molecule has 0 aliphatic carbocycles. The zero-order chi connectivity index (χ0) is 21.9. The molecule has 0 saturated heterocycles. The molecule has 31 heavy (non-hydrogen) atoms. The molecule has 2 N–H and O–H groups in total. The second-order valence-corrected chi connectivity index (χ2v) is 6.81. The van der Waals surface area contributed by atoms with Crippen LogP contribution in [-0.2, 0) is 19.6 Å². The summed E-state index contributed by atoms with van der Waals surface area (Å²) in [4.78, 5) is 4.78. The highest BCUT2D eigenvalue weighted by Gasteiger charge is 2.07. The van der Waals surface area contributed by atoms with Crippen molar-refractivity contribution in [3.63, 3.8) is 0 Å². The van der Waals surface area contributed by atoms with E-state index < -0.39 is 0 Å². The molecule has 3 aromatic rings. The van der Waals surface area contributed by atoms with Gasteiger partial charge in [-0.2, -0.15) is 0 Å². The van der Waals surface area contributed by atoms with Crippen molar-refractivity contribution in [3.05, 3.63) is 89.5 Å². The van der Waals surface area contributed by atoms with Crippen LogP contribution < -0.4 is 24.8 Å². The van der Waals surface area contributed by atoms with Crippen LogP contribution in [0.15, 0.2) is 77.8 Å². The second kappa shape index (κ2) is 11.5. The van der Waals surface area contributed by atoms with Crippen LogP contribution in [0.1, 0.15) is 16.7 Å². The first kappa shape index (κ1) is 22.0. The minimum atomic E-state index is 0.483. The maximum atomic E-state index is 5.46. The monoisotopic (exact) mass is 419 g/mol. The highest BCUT2D eigenvalue weighted by molar-refractivity contribution is 5.80. The third-order valence-electron chi connectivity index (χ3n) is 4.88. The van der Waals surface area contributed by atoms with Gasteiger partial charge in [0.15, 0.2) is 5.96 Å². The molecule has 0 unspecified atom stereocenters. The maximum absolute atomic E-state index is 5.46. The Kier molecular flexibility index (Phi) is 8.17. The summed E-state index contributed by atoms with van der Waals surface area (Å²) in [5, 5.41) is 6.81. The Morgan fingerprint density at radius 2 is 1.00 bits per heavy atom. The van der Waals surface area contributed by atoms with Crippen molar-refractivity contribution in [2.75, 3.05) is 21.3 Å². The molecule has 3 aromatic carbocycles. The van der Waals surface area contributed by atoms with E-state index in [0.29, 0.717) is 25.6 Å². The molecule has 0 atom stereocenters. The van der Waals surface area contributed by atoms with E-state index >= 15 is 0 Å². The molecule has 0 aliphatic rings. The summed E-state index contributed by atoms with van der Waals surface area (Å²) in [5.41, 5.74) is 3.11. The Morgan fingerprint density at radius 1 is 0.613 bits per heavy atom. The number of ether oxygens (including phenoxy) is 3. The van der Waals surface area contributed by atoms with Gasteiger partial charge < -0.3 is 24.8 Å². The first-order valence-corrected chi connectivity index (χ1v) is 10.1. The third-order valence-corrected chi connectivity index (χ3v) is 4.88.